The average Bonchev–Trinajstić information content (AvgIpc) is 3.26. The Morgan fingerprint density at radius 1 is 1.35 bits per heavy atom. The van der Waals surface area contributed by atoms with Gasteiger partial charge in [0.1, 0.15) is 5.82 Å². The molecule has 6 heteroatoms. The fourth-order valence-electron chi connectivity index (χ4n) is 3.56. The van der Waals surface area contributed by atoms with Gasteiger partial charge >= 0.3 is 0 Å². The lowest BCUT2D eigenvalue weighted by molar-refractivity contribution is -0.122. The van der Waals surface area contributed by atoms with E-state index in [4.69, 9.17) is 4.98 Å². The van der Waals surface area contributed by atoms with E-state index in [2.05, 4.69) is 39.2 Å². The molecule has 1 aliphatic heterocycles. The topological polar surface area (TPSA) is 73.9 Å². The normalized spacial score (nSPS) is 17.7. The summed E-state index contributed by atoms with van der Waals surface area (Å²) in [7, 11) is 0. The number of aromatic nitrogens is 3. The number of benzene rings is 1. The Balaban J connectivity index is 1.41. The van der Waals surface area contributed by atoms with Gasteiger partial charge < -0.3 is 10.3 Å². The summed E-state index contributed by atoms with van der Waals surface area (Å²) < 4.78 is 0. The molecule has 1 amide bonds. The molecule has 1 aliphatic rings. The lowest BCUT2D eigenvalue weighted by atomic mass is 10.2. The monoisotopic (exact) mass is 349 g/mol. The number of aromatic amines is 1. The van der Waals surface area contributed by atoms with Gasteiger partial charge in [0.15, 0.2) is 0 Å². The zero-order valence-corrected chi connectivity index (χ0v) is 14.9. The van der Waals surface area contributed by atoms with E-state index in [1.807, 2.05) is 24.3 Å². The van der Waals surface area contributed by atoms with Gasteiger partial charge in [0.2, 0.25) is 5.91 Å². The van der Waals surface area contributed by atoms with Gasteiger partial charge in [0, 0.05) is 6.20 Å². The van der Waals surface area contributed by atoms with Crippen LogP contribution in [0.25, 0.3) is 11.0 Å². The molecule has 0 saturated carbocycles. The van der Waals surface area contributed by atoms with Gasteiger partial charge in [-0.2, -0.15) is 0 Å². The van der Waals surface area contributed by atoms with Crippen LogP contribution in [0.3, 0.4) is 0 Å². The number of imidazole rings is 1. The maximum Gasteiger partial charge on any atom is 0.234 e. The minimum absolute atomic E-state index is 0.0227. The molecule has 1 fully saturated rings. The third-order valence-corrected chi connectivity index (χ3v) is 4.87. The molecule has 3 aromatic rings. The minimum atomic E-state index is 0.0227. The molecule has 26 heavy (non-hydrogen) atoms. The number of likely N-dealkylation sites (tertiary alicyclic amines) is 1. The van der Waals surface area contributed by atoms with Crippen molar-refractivity contribution >= 4 is 16.9 Å². The van der Waals surface area contributed by atoms with Gasteiger partial charge in [-0.3, -0.25) is 14.7 Å². The molecule has 2 N–H and O–H groups in total. The summed E-state index contributed by atoms with van der Waals surface area (Å²) in [6.45, 7) is 3.83. The predicted molar refractivity (Wildman–Crippen MR) is 100 cm³/mol. The molecule has 134 valence electrons. The first-order chi connectivity index (χ1) is 12.7. The zero-order chi connectivity index (χ0) is 17.9. The first-order valence-electron chi connectivity index (χ1n) is 9.06. The third kappa shape index (κ3) is 3.60. The summed E-state index contributed by atoms with van der Waals surface area (Å²) in [5.41, 5.74) is 4.12. The van der Waals surface area contributed by atoms with E-state index in [1.165, 1.54) is 5.56 Å². The number of nitrogens with zero attached hydrogens (tertiary/aromatic N) is 3. The molecular formula is C20H23N5O. The lowest BCUT2D eigenvalue weighted by Gasteiger charge is -2.22. The van der Waals surface area contributed by atoms with Crippen LogP contribution < -0.4 is 5.32 Å². The Labute approximate surface area is 152 Å². The number of hydrogen-bond donors (Lipinski definition) is 2. The van der Waals surface area contributed by atoms with E-state index >= 15 is 0 Å². The van der Waals surface area contributed by atoms with Crippen molar-refractivity contribution in [3.05, 3.63) is 59.7 Å². The van der Waals surface area contributed by atoms with E-state index in [0.29, 0.717) is 13.1 Å². The average molecular weight is 349 g/mol. The third-order valence-electron chi connectivity index (χ3n) is 4.87. The van der Waals surface area contributed by atoms with Crippen molar-refractivity contribution < 1.29 is 4.79 Å². The highest BCUT2D eigenvalue weighted by molar-refractivity contribution is 5.78. The number of amides is 1. The quantitative estimate of drug-likeness (QED) is 0.743. The second-order valence-corrected chi connectivity index (χ2v) is 6.87. The van der Waals surface area contributed by atoms with Gasteiger partial charge in [-0.1, -0.05) is 12.1 Å². The SMILES string of the molecule is Cc1ccc2nc([C@H]3CCCN3CC(=O)NCc3ccccn3)[nH]c2c1. The number of nitrogens with one attached hydrogen (secondary N) is 2. The molecular weight excluding hydrogens is 326 g/mol. The van der Waals surface area contributed by atoms with E-state index in [0.717, 1.165) is 41.9 Å². The number of carbonyl (C=O) groups excluding carboxylic acids is 1. The smallest absolute Gasteiger partial charge is 0.234 e. The van der Waals surface area contributed by atoms with E-state index in [9.17, 15) is 4.79 Å². The van der Waals surface area contributed by atoms with Crippen LogP contribution in [-0.2, 0) is 11.3 Å². The Morgan fingerprint density at radius 3 is 3.12 bits per heavy atom. The summed E-state index contributed by atoms with van der Waals surface area (Å²) >= 11 is 0. The van der Waals surface area contributed by atoms with Crippen molar-refractivity contribution in [2.75, 3.05) is 13.1 Å². The molecule has 6 nitrogen and oxygen atoms in total. The number of hydrogen-bond acceptors (Lipinski definition) is 4. The Morgan fingerprint density at radius 2 is 2.27 bits per heavy atom. The van der Waals surface area contributed by atoms with Crippen LogP contribution in [0.1, 0.15) is 36.0 Å². The number of H-pyrrole nitrogens is 1. The van der Waals surface area contributed by atoms with Crippen molar-refractivity contribution in [3.63, 3.8) is 0 Å². The van der Waals surface area contributed by atoms with Crippen molar-refractivity contribution in [1.29, 1.82) is 0 Å². The summed E-state index contributed by atoms with van der Waals surface area (Å²) in [6, 6.07) is 12.1. The molecule has 1 saturated heterocycles. The Bertz CT molecular complexity index is 905. The summed E-state index contributed by atoms with van der Waals surface area (Å²) in [6.07, 6.45) is 3.84. The molecule has 0 spiro atoms. The van der Waals surface area contributed by atoms with Crippen LogP contribution in [0.4, 0.5) is 0 Å². The highest BCUT2D eigenvalue weighted by Gasteiger charge is 2.29. The Kier molecular flexibility index (Phi) is 4.67. The maximum atomic E-state index is 12.4. The second-order valence-electron chi connectivity index (χ2n) is 6.87. The van der Waals surface area contributed by atoms with Crippen molar-refractivity contribution in [3.8, 4) is 0 Å². The fourth-order valence-corrected chi connectivity index (χ4v) is 3.56. The second kappa shape index (κ2) is 7.25. The van der Waals surface area contributed by atoms with Crippen LogP contribution in [0.15, 0.2) is 42.6 Å². The van der Waals surface area contributed by atoms with E-state index in [1.54, 1.807) is 6.20 Å². The number of aryl methyl sites for hydroxylation is 1. The molecule has 4 rings (SSSR count). The van der Waals surface area contributed by atoms with Crippen LogP contribution in [0, 0.1) is 6.92 Å². The van der Waals surface area contributed by atoms with E-state index < -0.39 is 0 Å². The number of rotatable bonds is 5. The first kappa shape index (κ1) is 16.7. The van der Waals surface area contributed by atoms with Crippen molar-refractivity contribution in [2.45, 2.75) is 32.4 Å². The molecule has 0 aliphatic carbocycles. The Hall–Kier alpha value is -2.73. The minimum Gasteiger partial charge on any atom is -0.349 e. The van der Waals surface area contributed by atoms with Gasteiger partial charge in [0.05, 0.1) is 35.9 Å². The van der Waals surface area contributed by atoms with Crippen LogP contribution in [-0.4, -0.2) is 38.8 Å². The summed E-state index contributed by atoms with van der Waals surface area (Å²) in [5.74, 6) is 0.982. The van der Waals surface area contributed by atoms with Crippen molar-refractivity contribution in [1.82, 2.24) is 25.2 Å². The molecule has 2 aromatic heterocycles. The van der Waals surface area contributed by atoms with Gasteiger partial charge in [-0.15, -0.1) is 0 Å². The molecule has 0 radical (unpaired) electrons. The largest absolute Gasteiger partial charge is 0.349 e. The predicted octanol–water partition coefficient (Wildman–Crippen LogP) is 2.72. The first-order valence-corrected chi connectivity index (χ1v) is 9.06. The molecule has 0 bridgehead atoms. The van der Waals surface area contributed by atoms with Gasteiger partial charge in [-0.25, -0.2) is 4.98 Å². The number of pyridine rings is 1. The molecule has 3 heterocycles. The number of fused-ring (bicyclic) bond motifs is 1. The summed E-state index contributed by atoms with van der Waals surface area (Å²) in [5, 5.41) is 2.96. The summed E-state index contributed by atoms with van der Waals surface area (Å²) in [4.78, 5) is 27.0. The fraction of sp³-hybridized carbons (Fsp3) is 0.350. The van der Waals surface area contributed by atoms with Crippen LogP contribution in [0.5, 0.6) is 0 Å². The van der Waals surface area contributed by atoms with Crippen molar-refractivity contribution in [2.24, 2.45) is 0 Å². The van der Waals surface area contributed by atoms with Gasteiger partial charge in [-0.05, 0) is 56.1 Å². The molecule has 1 aromatic carbocycles. The molecule has 0 unspecified atom stereocenters. The lowest BCUT2D eigenvalue weighted by Crippen LogP contribution is -2.37. The molecule has 1 atom stereocenters. The van der Waals surface area contributed by atoms with Crippen LogP contribution in [0.2, 0.25) is 0 Å². The highest BCUT2D eigenvalue weighted by atomic mass is 16.2. The standard InChI is InChI=1S/C20H23N5O/c1-14-7-8-16-17(11-14)24-20(23-16)18-6-4-10-25(18)13-19(26)22-12-15-5-2-3-9-21-15/h2-3,5,7-9,11,18H,4,6,10,12-13H2,1H3,(H,22,26)(H,23,24)/t18-/m1/s1. The van der Waals surface area contributed by atoms with E-state index in [-0.39, 0.29) is 11.9 Å². The van der Waals surface area contributed by atoms with Gasteiger partial charge in [0.25, 0.3) is 0 Å². The van der Waals surface area contributed by atoms with Crippen LogP contribution >= 0.6 is 0 Å². The number of carbonyl (C=O) groups is 1. The maximum absolute atomic E-state index is 12.4. The zero-order valence-electron chi connectivity index (χ0n) is 14.9. The highest BCUT2D eigenvalue weighted by Crippen LogP contribution is 2.31.